The Morgan fingerprint density at radius 3 is 2.33 bits per heavy atom. The highest BCUT2D eigenvalue weighted by Crippen LogP contribution is 2.34. The average molecular weight is 250 g/mol. The van der Waals surface area contributed by atoms with E-state index < -0.39 is 11.6 Å². The molecule has 2 nitrogen and oxygen atoms in total. The monoisotopic (exact) mass is 250 g/mol. The molecule has 0 unspecified atom stereocenters. The van der Waals surface area contributed by atoms with Gasteiger partial charge in [-0.2, -0.15) is 0 Å². The minimum absolute atomic E-state index is 0.262. The van der Waals surface area contributed by atoms with Crippen LogP contribution in [-0.2, 0) is 0 Å². The van der Waals surface area contributed by atoms with Crippen molar-refractivity contribution in [3.8, 4) is 0 Å². The van der Waals surface area contributed by atoms with Crippen molar-refractivity contribution in [1.29, 1.82) is 0 Å². The van der Waals surface area contributed by atoms with E-state index in [0.29, 0.717) is 10.9 Å². The smallest absolute Gasteiger partial charge is 0.161 e. The van der Waals surface area contributed by atoms with Gasteiger partial charge >= 0.3 is 0 Å². The Bertz CT molecular complexity index is 607. The number of aromatic nitrogens is 1. The number of nitrogens with zero attached hydrogens (tertiary/aromatic N) is 1. The molecule has 0 aliphatic rings. The fourth-order valence-corrected chi connectivity index (χ4v) is 2.37. The Kier molecular flexibility index (Phi) is 3.20. The van der Waals surface area contributed by atoms with Crippen LogP contribution in [0.5, 0.6) is 0 Å². The molecule has 18 heavy (non-hydrogen) atoms. The summed E-state index contributed by atoms with van der Waals surface area (Å²) in [4.78, 5) is 4.36. The molecule has 0 saturated carbocycles. The lowest BCUT2D eigenvalue weighted by Crippen LogP contribution is -2.04. The summed E-state index contributed by atoms with van der Waals surface area (Å²) in [6, 6.07) is 2.34. The molecule has 0 atom stereocenters. The van der Waals surface area contributed by atoms with Crippen molar-refractivity contribution in [2.45, 2.75) is 26.7 Å². The van der Waals surface area contributed by atoms with Gasteiger partial charge in [0.05, 0.1) is 5.52 Å². The molecular formula is C14H16F2N2. The highest BCUT2D eigenvalue weighted by molar-refractivity contribution is 5.93. The number of nitrogens with one attached hydrogen (secondary N) is 1. The number of aryl methyl sites for hydroxylation is 1. The minimum Gasteiger partial charge on any atom is -0.387 e. The lowest BCUT2D eigenvalue weighted by Gasteiger charge is -2.17. The van der Waals surface area contributed by atoms with Gasteiger partial charge in [0.25, 0.3) is 0 Å². The van der Waals surface area contributed by atoms with Crippen LogP contribution in [0.25, 0.3) is 10.9 Å². The quantitative estimate of drug-likeness (QED) is 0.871. The third-order valence-corrected chi connectivity index (χ3v) is 3.08. The van der Waals surface area contributed by atoms with Crippen molar-refractivity contribution >= 4 is 16.6 Å². The van der Waals surface area contributed by atoms with E-state index in [9.17, 15) is 8.78 Å². The number of fused-ring (bicyclic) bond motifs is 1. The van der Waals surface area contributed by atoms with Crippen molar-refractivity contribution in [1.82, 2.24) is 4.98 Å². The van der Waals surface area contributed by atoms with E-state index in [1.165, 1.54) is 6.07 Å². The average Bonchev–Trinajstić information content (AvgIpc) is 2.29. The van der Waals surface area contributed by atoms with E-state index in [0.717, 1.165) is 23.0 Å². The zero-order valence-corrected chi connectivity index (χ0v) is 10.9. The Hall–Kier alpha value is -1.71. The molecule has 96 valence electrons. The maximum absolute atomic E-state index is 13.4. The first-order valence-corrected chi connectivity index (χ1v) is 5.92. The van der Waals surface area contributed by atoms with E-state index >= 15 is 0 Å². The molecule has 0 aliphatic carbocycles. The maximum atomic E-state index is 13.4. The first kappa shape index (κ1) is 12.7. The fraction of sp³-hybridized carbons (Fsp3) is 0.357. The molecule has 0 bridgehead atoms. The highest BCUT2D eigenvalue weighted by atomic mass is 19.2. The zero-order valence-electron chi connectivity index (χ0n) is 10.9. The summed E-state index contributed by atoms with van der Waals surface area (Å²) in [6.45, 7) is 5.99. The second kappa shape index (κ2) is 4.52. The van der Waals surface area contributed by atoms with Gasteiger partial charge in [-0.25, -0.2) is 8.78 Å². The van der Waals surface area contributed by atoms with Crippen molar-refractivity contribution < 1.29 is 8.78 Å². The van der Waals surface area contributed by atoms with Crippen LogP contribution in [0, 0.1) is 18.6 Å². The van der Waals surface area contributed by atoms with E-state index in [-0.39, 0.29) is 5.92 Å². The van der Waals surface area contributed by atoms with Gasteiger partial charge < -0.3 is 5.32 Å². The third kappa shape index (κ3) is 1.92. The number of hydrogen-bond donors (Lipinski definition) is 1. The van der Waals surface area contributed by atoms with Crippen LogP contribution in [0.2, 0.25) is 0 Å². The number of anilines is 1. The van der Waals surface area contributed by atoms with Gasteiger partial charge in [0.2, 0.25) is 0 Å². The van der Waals surface area contributed by atoms with Crippen molar-refractivity contribution in [3.05, 3.63) is 35.0 Å². The Morgan fingerprint density at radius 1 is 1.17 bits per heavy atom. The van der Waals surface area contributed by atoms with Gasteiger partial charge in [-0.15, -0.1) is 0 Å². The van der Waals surface area contributed by atoms with E-state index in [1.54, 1.807) is 7.05 Å². The lowest BCUT2D eigenvalue weighted by molar-refractivity contribution is 0.510. The van der Waals surface area contributed by atoms with Crippen LogP contribution in [-0.4, -0.2) is 12.0 Å². The van der Waals surface area contributed by atoms with Gasteiger partial charge in [0.1, 0.15) is 0 Å². The molecule has 0 saturated heterocycles. The van der Waals surface area contributed by atoms with Crippen LogP contribution in [0.15, 0.2) is 12.1 Å². The van der Waals surface area contributed by atoms with Crippen LogP contribution >= 0.6 is 0 Å². The molecule has 1 heterocycles. The highest BCUT2D eigenvalue weighted by Gasteiger charge is 2.16. The molecule has 0 fully saturated rings. The van der Waals surface area contributed by atoms with Gasteiger partial charge in [-0.3, -0.25) is 4.98 Å². The van der Waals surface area contributed by atoms with Crippen molar-refractivity contribution in [2.24, 2.45) is 0 Å². The third-order valence-electron chi connectivity index (χ3n) is 3.08. The van der Waals surface area contributed by atoms with Gasteiger partial charge in [-0.1, -0.05) is 13.8 Å². The summed E-state index contributed by atoms with van der Waals surface area (Å²) in [5.74, 6) is -1.45. The predicted octanol–water partition coefficient (Wildman–Crippen LogP) is 3.99. The van der Waals surface area contributed by atoms with Crippen LogP contribution in [0.3, 0.4) is 0 Å². The number of halogens is 2. The Morgan fingerprint density at radius 2 is 1.78 bits per heavy atom. The SMILES string of the molecule is CNc1c(C(C)C)c(C)nc2cc(F)c(F)cc12. The van der Waals surface area contributed by atoms with Crippen LogP contribution < -0.4 is 5.32 Å². The van der Waals surface area contributed by atoms with Crippen LogP contribution in [0.4, 0.5) is 14.5 Å². The molecule has 2 aromatic rings. The molecule has 1 aromatic heterocycles. The van der Waals surface area contributed by atoms with E-state index in [1.807, 2.05) is 6.92 Å². The summed E-state index contributed by atoms with van der Waals surface area (Å²) in [5.41, 5.74) is 3.18. The minimum atomic E-state index is -0.867. The second-order valence-corrected chi connectivity index (χ2v) is 4.67. The molecule has 0 aliphatic heterocycles. The summed E-state index contributed by atoms with van der Waals surface area (Å²) in [5, 5.41) is 3.69. The first-order chi connectivity index (χ1) is 8.45. The van der Waals surface area contributed by atoms with Crippen LogP contribution in [0.1, 0.15) is 31.0 Å². The van der Waals surface area contributed by atoms with Gasteiger partial charge in [0, 0.05) is 29.9 Å². The summed E-state index contributed by atoms with van der Waals surface area (Å²) in [6.07, 6.45) is 0. The number of pyridine rings is 1. The topological polar surface area (TPSA) is 24.9 Å². The molecule has 0 spiro atoms. The zero-order chi connectivity index (χ0) is 13.4. The number of rotatable bonds is 2. The normalized spacial score (nSPS) is 11.3. The fourth-order valence-electron chi connectivity index (χ4n) is 2.37. The molecule has 1 aromatic carbocycles. The van der Waals surface area contributed by atoms with E-state index in [2.05, 4.69) is 24.1 Å². The standard InChI is InChI=1S/C14H16F2N2/c1-7(2)13-8(3)18-12-6-11(16)10(15)5-9(12)14(13)17-4/h5-7H,1-4H3,(H,17,18). The summed E-state index contributed by atoms with van der Waals surface area (Å²) >= 11 is 0. The second-order valence-electron chi connectivity index (χ2n) is 4.67. The largest absolute Gasteiger partial charge is 0.387 e. The van der Waals surface area contributed by atoms with Crippen molar-refractivity contribution in [2.75, 3.05) is 12.4 Å². The molecule has 0 radical (unpaired) electrons. The first-order valence-electron chi connectivity index (χ1n) is 5.92. The Balaban J connectivity index is 2.89. The molecule has 2 rings (SSSR count). The van der Waals surface area contributed by atoms with Gasteiger partial charge in [-0.05, 0) is 24.5 Å². The molecule has 4 heteroatoms. The molecular weight excluding hydrogens is 234 g/mol. The van der Waals surface area contributed by atoms with E-state index in [4.69, 9.17) is 0 Å². The lowest BCUT2D eigenvalue weighted by atomic mass is 9.96. The maximum Gasteiger partial charge on any atom is 0.161 e. The number of hydrogen-bond acceptors (Lipinski definition) is 2. The Labute approximate surface area is 105 Å². The molecule has 0 amide bonds. The summed E-state index contributed by atoms with van der Waals surface area (Å²) < 4.78 is 26.6. The predicted molar refractivity (Wildman–Crippen MR) is 70.0 cm³/mol. The number of benzene rings is 1. The van der Waals surface area contributed by atoms with Crippen molar-refractivity contribution in [3.63, 3.8) is 0 Å². The summed E-state index contributed by atoms with van der Waals surface area (Å²) in [7, 11) is 1.78. The van der Waals surface area contributed by atoms with Gasteiger partial charge in [0.15, 0.2) is 11.6 Å². The molecule has 1 N–H and O–H groups in total.